The molecule has 0 spiro atoms. The summed E-state index contributed by atoms with van der Waals surface area (Å²) < 4.78 is 10.0. The number of ether oxygens (including phenoxy) is 1. The van der Waals surface area contributed by atoms with Crippen LogP contribution in [0.2, 0.25) is 0 Å². The van der Waals surface area contributed by atoms with Crippen LogP contribution in [-0.2, 0) is 14.2 Å². The van der Waals surface area contributed by atoms with E-state index in [0.29, 0.717) is 0 Å². The Morgan fingerprint density at radius 3 is 2.41 bits per heavy atom. The Morgan fingerprint density at radius 1 is 1.41 bits per heavy atom. The second kappa shape index (κ2) is 7.13. The molecule has 7 nitrogen and oxygen atoms in total. The van der Waals surface area contributed by atoms with E-state index in [-0.39, 0.29) is 18.9 Å². The third-order valence-electron chi connectivity index (χ3n) is 1.78. The second-order valence-electron chi connectivity index (χ2n) is 4.51. The molecule has 4 N–H and O–H groups in total. The van der Waals surface area contributed by atoms with Crippen molar-refractivity contribution < 1.29 is 19.0 Å². The first-order valence-electron chi connectivity index (χ1n) is 5.27. The Kier molecular flexibility index (Phi) is 6.59. The summed E-state index contributed by atoms with van der Waals surface area (Å²) in [6.07, 6.45) is -0.915. The first-order valence-corrected chi connectivity index (χ1v) is 5.27. The van der Waals surface area contributed by atoms with Gasteiger partial charge in [-0.05, 0) is 20.8 Å². The van der Waals surface area contributed by atoms with Crippen LogP contribution in [0.1, 0.15) is 27.2 Å². The van der Waals surface area contributed by atoms with Crippen LogP contribution >= 0.6 is 0 Å². The Hall–Kier alpha value is -1.28. The number of alkyl carbamates (subject to hydrolysis) is 1. The van der Waals surface area contributed by atoms with E-state index >= 15 is 0 Å². The Balaban J connectivity index is 3.98. The SMILES string of the molecule is BOC(CNC(=O)OC(C)(C)C)CC(=O)NN. The highest BCUT2D eigenvalue weighted by Gasteiger charge is 2.18. The monoisotopic (exact) mass is 245 g/mol. The third-order valence-corrected chi connectivity index (χ3v) is 1.78. The Labute approximate surface area is 102 Å². The van der Waals surface area contributed by atoms with Crippen LogP contribution < -0.4 is 16.6 Å². The molecule has 0 saturated carbocycles. The maximum absolute atomic E-state index is 11.3. The summed E-state index contributed by atoms with van der Waals surface area (Å²) in [5.41, 5.74) is 1.44. The van der Waals surface area contributed by atoms with Crippen LogP contribution in [0.5, 0.6) is 0 Å². The second-order valence-corrected chi connectivity index (χ2v) is 4.51. The number of amides is 2. The van der Waals surface area contributed by atoms with Crippen molar-refractivity contribution in [3.63, 3.8) is 0 Å². The zero-order valence-electron chi connectivity index (χ0n) is 10.7. The molecule has 0 saturated heterocycles. The quantitative estimate of drug-likeness (QED) is 0.245. The van der Waals surface area contributed by atoms with E-state index in [1.807, 2.05) is 5.43 Å². The van der Waals surface area contributed by atoms with Gasteiger partial charge in [0.15, 0.2) is 0 Å². The summed E-state index contributed by atoms with van der Waals surface area (Å²) >= 11 is 0. The summed E-state index contributed by atoms with van der Waals surface area (Å²) in [5.74, 6) is 4.59. The predicted octanol–water partition coefficient (Wildman–Crippen LogP) is -1.18. The van der Waals surface area contributed by atoms with Crippen molar-refractivity contribution >= 4 is 20.0 Å². The van der Waals surface area contributed by atoms with E-state index in [4.69, 9.17) is 15.2 Å². The van der Waals surface area contributed by atoms with Gasteiger partial charge in [-0.2, -0.15) is 0 Å². The van der Waals surface area contributed by atoms with Crippen molar-refractivity contribution in [3.05, 3.63) is 0 Å². The number of hydrogen-bond donors (Lipinski definition) is 3. The average Bonchev–Trinajstić information content (AvgIpc) is 2.21. The highest BCUT2D eigenvalue weighted by molar-refractivity contribution is 5.98. The molecule has 0 aromatic carbocycles. The summed E-state index contributed by atoms with van der Waals surface area (Å²) in [6.45, 7) is 5.48. The van der Waals surface area contributed by atoms with Crippen LogP contribution in [0, 0.1) is 0 Å². The van der Waals surface area contributed by atoms with E-state index in [0.717, 1.165) is 0 Å². The van der Waals surface area contributed by atoms with Crippen molar-refractivity contribution in [2.75, 3.05) is 6.54 Å². The molecule has 0 fully saturated rings. The molecule has 0 rings (SSSR count). The summed E-state index contributed by atoms with van der Waals surface area (Å²) in [6, 6.07) is 0. The molecule has 0 bridgehead atoms. The lowest BCUT2D eigenvalue weighted by molar-refractivity contribution is -0.122. The minimum Gasteiger partial charge on any atom is -0.444 e. The van der Waals surface area contributed by atoms with Crippen LogP contribution in [-0.4, -0.2) is 38.3 Å². The van der Waals surface area contributed by atoms with Crippen molar-refractivity contribution in [3.8, 4) is 0 Å². The van der Waals surface area contributed by atoms with Gasteiger partial charge in [-0.3, -0.25) is 10.2 Å². The van der Waals surface area contributed by atoms with Gasteiger partial charge in [-0.25, -0.2) is 10.6 Å². The molecule has 1 atom stereocenters. The van der Waals surface area contributed by atoms with Crippen molar-refractivity contribution in [1.82, 2.24) is 10.7 Å². The number of hydrogen-bond acceptors (Lipinski definition) is 5. The van der Waals surface area contributed by atoms with E-state index < -0.39 is 17.8 Å². The summed E-state index contributed by atoms with van der Waals surface area (Å²) in [5, 5.41) is 2.51. The van der Waals surface area contributed by atoms with Crippen molar-refractivity contribution in [2.45, 2.75) is 38.9 Å². The first kappa shape index (κ1) is 15.7. The van der Waals surface area contributed by atoms with Gasteiger partial charge in [0.2, 0.25) is 5.91 Å². The predicted molar refractivity (Wildman–Crippen MR) is 64.6 cm³/mol. The molecule has 1 unspecified atom stereocenters. The maximum atomic E-state index is 11.3. The fraction of sp³-hybridized carbons (Fsp3) is 0.778. The lowest BCUT2D eigenvalue weighted by atomic mass is 10.2. The molecular formula is C9H20BN3O4. The fourth-order valence-corrected chi connectivity index (χ4v) is 1.02. The summed E-state index contributed by atoms with van der Waals surface area (Å²) in [7, 11) is 1.45. The Bertz CT molecular complexity index is 267. The van der Waals surface area contributed by atoms with Gasteiger partial charge in [0.05, 0.1) is 12.5 Å². The van der Waals surface area contributed by atoms with Crippen LogP contribution in [0.4, 0.5) is 4.79 Å². The van der Waals surface area contributed by atoms with Crippen LogP contribution in [0.3, 0.4) is 0 Å². The lowest BCUT2D eigenvalue weighted by Crippen LogP contribution is -2.40. The van der Waals surface area contributed by atoms with E-state index in [9.17, 15) is 9.59 Å². The van der Waals surface area contributed by atoms with Gasteiger partial charge >= 0.3 is 6.09 Å². The minimum atomic E-state index is -0.554. The largest absolute Gasteiger partial charge is 0.444 e. The molecule has 0 aliphatic carbocycles. The third kappa shape index (κ3) is 8.52. The maximum Gasteiger partial charge on any atom is 0.407 e. The van der Waals surface area contributed by atoms with Crippen molar-refractivity contribution in [2.24, 2.45) is 5.84 Å². The fourth-order valence-electron chi connectivity index (χ4n) is 1.02. The smallest absolute Gasteiger partial charge is 0.407 e. The number of nitrogens with two attached hydrogens (primary N) is 1. The standard InChI is InChI=1S/C9H20BN3O4/c1-9(2,3)16-8(15)12-5-6(17-10)4-7(14)13-11/h6H,4-5,10-11H2,1-3H3,(H,12,15)(H,13,14). The van der Waals surface area contributed by atoms with Gasteiger partial charge in [-0.15, -0.1) is 0 Å². The highest BCUT2D eigenvalue weighted by atomic mass is 16.6. The molecule has 17 heavy (non-hydrogen) atoms. The molecule has 98 valence electrons. The normalized spacial score (nSPS) is 12.7. The molecule has 0 heterocycles. The van der Waals surface area contributed by atoms with Gasteiger partial charge < -0.3 is 14.7 Å². The molecular weight excluding hydrogens is 225 g/mol. The Morgan fingerprint density at radius 2 is 2.00 bits per heavy atom. The topological polar surface area (TPSA) is 103 Å². The summed E-state index contributed by atoms with van der Waals surface area (Å²) in [4.78, 5) is 22.3. The number of hydrazine groups is 1. The first-order chi connectivity index (χ1) is 7.78. The molecule has 0 aromatic heterocycles. The zero-order valence-corrected chi connectivity index (χ0v) is 10.7. The molecule has 8 heteroatoms. The van der Waals surface area contributed by atoms with Gasteiger partial charge in [0, 0.05) is 6.54 Å². The average molecular weight is 245 g/mol. The molecule has 0 aliphatic heterocycles. The number of rotatable bonds is 5. The van der Waals surface area contributed by atoms with Crippen molar-refractivity contribution in [1.29, 1.82) is 0 Å². The van der Waals surface area contributed by atoms with Gasteiger partial charge in [-0.1, -0.05) is 0 Å². The van der Waals surface area contributed by atoms with Gasteiger partial charge in [0.1, 0.15) is 5.60 Å². The minimum absolute atomic E-state index is 0.0722. The van der Waals surface area contributed by atoms with Gasteiger partial charge in [0.25, 0.3) is 8.05 Å². The van der Waals surface area contributed by atoms with Crippen LogP contribution in [0.15, 0.2) is 0 Å². The van der Waals surface area contributed by atoms with Crippen LogP contribution in [0.25, 0.3) is 0 Å². The zero-order chi connectivity index (χ0) is 13.5. The number of nitrogens with one attached hydrogen (secondary N) is 2. The van der Waals surface area contributed by atoms with E-state index in [2.05, 4.69) is 5.32 Å². The highest BCUT2D eigenvalue weighted by Crippen LogP contribution is 2.06. The van der Waals surface area contributed by atoms with E-state index in [1.165, 1.54) is 8.05 Å². The molecule has 2 amide bonds. The molecule has 0 radical (unpaired) electrons. The van der Waals surface area contributed by atoms with E-state index in [1.54, 1.807) is 20.8 Å². The molecule has 0 aromatic rings. The number of carbonyl (C=O) groups is 2. The number of carbonyl (C=O) groups excluding carboxylic acids is 2. The lowest BCUT2D eigenvalue weighted by Gasteiger charge is -2.21. The molecule has 0 aliphatic rings.